The van der Waals surface area contributed by atoms with Crippen LogP contribution in [0, 0.1) is 0 Å². The molecule has 2 rings (SSSR count). The highest BCUT2D eigenvalue weighted by Crippen LogP contribution is 2.30. The SMILES string of the molecule is CC1(c2ccoc2)CCCNC1. The molecule has 0 spiro atoms. The van der Waals surface area contributed by atoms with E-state index in [2.05, 4.69) is 18.3 Å². The number of piperidine rings is 1. The summed E-state index contributed by atoms with van der Waals surface area (Å²) in [7, 11) is 0. The maximum atomic E-state index is 5.11. The molecule has 1 aliphatic heterocycles. The quantitative estimate of drug-likeness (QED) is 0.687. The van der Waals surface area contributed by atoms with Crippen LogP contribution in [0.25, 0.3) is 0 Å². The molecule has 0 radical (unpaired) electrons. The monoisotopic (exact) mass is 165 g/mol. The van der Waals surface area contributed by atoms with Crippen LogP contribution in [-0.2, 0) is 5.41 Å². The van der Waals surface area contributed by atoms with E-state index in [4.69, 9.17) is 4.42 Å². The third-order valence-corrected chi connectivity index (χ3v) is 2.82. The van der Waals surface area contributed by atoms with Gasteiger partial charge in [0.2, 0.25) is 0 Å². The molecule has 1 atom stereocenters. The van der Waals surface area contributed by atoms with Crippen molar-refractivity contribution in [1.29, 1.82) is 0 Å². The van der Waals surface area contributed by atoms with Crippen LogP contribution >= 0.6 is 0 Å². The summed E-state index contributed by atoms with van der Waals surface area (Å²) < 4.78 is 5.11. The molecule has 0 aliphatic carbocycles. The largest absolute Gasteiger partial charge is 0.472 e. The second kappa shape index (κ2) is 2.94. The Morgan fingerprint density at radius 2 is 2.50 bits per heavy atom. The van der Waals surface area contributed by atoms with Gasteiger partial charge < -0.3 is 9.73 Å². The molecule has 12 heavy (non-hydrogen) atoms. The molecule has 1 aliphatic rings. The molecule has 1 saturated heterocycles. The molecule has 0 bridgehead atoms. The Labute approximate surface area is 73.0 Å². The number of hydrogen-bond acceptors (Lipinski definition) is 2. The van der Waals surface area contributed by atoms with Gasteiger partial charge in [-0.05, 0) is 31.0 Å². The van der Waals surface area contributed by atoms with Gasteiger partial charge in [0.25, 0.3) is 0 Å². The van der Waals surface area contributed by atoms with Gasteiger partial charge >= 0.3 is 0 Å². The molecule has 66 valence electrons. The van der Waals surface area contributed by atoms with Gasteiger partial charge in [-0.2, -0.15) is 0 Å². The molecule has 1 N–H and O–H groups in total. The molecular formula is C10H15NO. The van der Waals surface area contributed by atoms with Gasteiger partial charge in [0.15, 0.2) is 0 Å². The number of rotatable bonds is 1. The van der Waals surface area contributed by atoms with E-state index in [1.165, 1.54) is 18.4 Å². The number of hydrogen-bond donors (Lipinski definition) is 1. The summed E-state index contributed by atoms with van der Waals surface area (Å²) in [4.78, 5) is 0. The average Bonchev–Trinajstić information content (AvgIpc) is 2.58. The molecule has 1 aromatic rings. The first kappa shape index (κ1) is 7.87. The van der Waals surface area contributed by atoms with Crippen LogP contribution in [0.5, 0.6) is 0 Å². The second-order valence-corrected chi connectivity index (χ2v) is 3.85. The van der Waals surface area contributed by atoms with Gasteiger partial charge in [-0.25, -0.2) is 0 Å². The van der Waals surface area contributed by atoms with Gasteiger partial charge in [-0.15, -0.1) is 0 Å². The fourth-order valence-corrected chi connectivity index (χ4v) is 1.91. The third kappa shape index (κ3) is 1.27. The minimum absolute atomic E-state index is 0.297. The number of nitrogens with one attached hydrogen (secondary N) is 1. The Kier molecular flexibility index (Phi) is 1.93. The smallest absolute Gasteiger partial charge is 0.0940 e. The van der Waals surface area contributed by atoms with Gasteiger partial charge in [-0.3, -0.25) is 0 Å². The first-order valence-electron chi connectivity index (χ1n) is 4.55. The zero-order valence-corrected chi connectivity index (χ0v) is 7.47. The molecular weight excluding hydrogens is 150 g/mol. The van der Waals surface area contributed by atoms with E-state index in [1.807, 2.05) is 6.26 Å². The van der Waals surface area contributed by atoms with Crippen LogP contribution in [0.1, 0.15) is 25.3 Å². The molecule has 1 fully saturated rings. The van der Waals surface area contributed by atoms with E-state index in [0.29, 0.717) is 5.41 Å². The van der Waals surface area contributed by atoms with Crippen molar-refractivity contribution in [3.63, 3.8) is 0 Å². The van der Waals surface area contributed by atoms with E-state index in [1.54, 1.807) is 6.26 Å². The van der Waals surface area contributed by atoms with Crippen LogP contribution in [0.3, 0.4) is 0 Å². The van der Waals surface area contributed by atoms with Crippen molar-refractivity contribution in [2.24, 2.45) is 0 Å². The van der Waals surface area contributed by atoms with Gasteiger partial charge in [-0.1, -0.05) is 6.92 Å². The predicted molar refractivity (Wildman–Crippen MR) is 48.2 cm³/mol. The maximum absolute atomic E-state index is 5.11. The highest BCUT2D eigenvalue weighted by atomic mass is 16.3. The lowest BCUT2D eigenvalue weighted by Crippen LogP contribution is -2.40. The Morgan fingerprint density at radius 1 is 1.58 bits per heavy atom. The molecule has 2 heteroatoms. The van der Waals surface area contributed by atoms with Gasteiger partial charge in [0.1, 0.15) is 0 Å². The molecule has 1 aromatic heterocycles. The van der Waals surface area contributed by atoms with E-state index in [0.717, 1.165) is 13.1 Å². The van der Waals surface area contributed by atoms with Crippen molar-refractivity contribution in [1.82, 2.24) is 5.32 Å². The first-order valence-corrected chi connectivity index (χ1v) is 4.55. The minimum Gasteiger partial charge on any atom is -0.472 e. The fraction of sp³-hybridized carbons (Fsp3) is 0.600. The van der Waals surface area contributed by atoms with Gasteiger partial charge in [0, 0.05) is 12.0 Å². The molecule has 0 aromatic carbocycles. The third-order valence-electron chi connectivity index (χ3n) is 2.82. The molecule has 0 saturated carbocycles. The van der Waals surface area contributed by atoms with E-state index >= 15 is 0 Å². The van der Waals surface area contributed by atoms with Crippen LogP contribution in [0.4, 0.5) is 0 Å². The van der Waals surface area contributed by atoms with Crippen LogP contribution in [0.15, 0.2) is 23.0 Å². The lowest BCUT2D eigenvalue weighted by Gasteiger charge is -2.33. The molecule has 0 amide bonds. The highest BCUT2D eigenvalue weighted by Gasteiger charge is 2.29. The fourth-order valence-electron chi connectivity index (χ4n) is 1.91. The Hall–Kier alpha value is -0.760. The van der Waals surface area contributed by atoms with Crippen molar-refractivity contribution in [2.45, 2.75) is 25.2 Å². The van der Waals surface area contributed by atoms with Crippen LogP contribution in [-0.4, -0.2) is 13.1 Å². The van der Waals surface area contributed by atoms with Crippen molar-refractivity contribution < 1.29 is 4.42 Å². The van der Waals surface area contributed by atoms with Crippen LogP contribution < -0.4 is 5.32 Å². The summed E-state index contributed by atoms with van der Waals surface area (Å²) in [5.74, 6) is 0. The van der Waals surface area contributed by atoms with Crippen LogP contribution in [0.2, 0.25) is 0 Å². The molecule has 2 heterocycles. The Balaban J connectivity index is 2.19. The second-order valence-electron chi connectivity index (χ2n) is 3.85. The van der Waals surface area contributed by atoms with Crippen molar-refractivity contribution in [3.8, 4) is 0 Å². The molecule has 1 unspecified atom stereocenters. The van der Waals surface area contributed by atoms with E-state index in [9.17, 15) is 0 Å². The summed E-state index contributed by atoms with van der Waals surface area (Å²) in [6, 6.07) is 2.08. The normalized spacial score (nSPS) is 30.4. The zero-order valence-electron chi connectivity index (χ0n) is 7.47. The minimum atomic E-state index is 0.297. The van der Waals surface area contributed by atoms with Crippen molar-refractivity contribution in [2.75, 3.05) is 13.1 Å². The summed E-state index contributed by atoms with van der Waals surface area (Å²) in [5.41, 5.74) is 1.63. The average molecular weight is 165 g/mol. The lowest BCUT2D eigenvalue weighted by atomic mass is 9.78. The summed E-state index contributed by atoms with van der Waals surface area (Å²) in [6.45, 7) is 4.53. The topological polar surface area (TPSA) is 25.2 Å². The van der Waals surface area contributed by atoms with Crippen molar-refractivity contribution in [3.05, 3.63) is 24.2 Å². The summed E-state index contributed by atoms with van der Waals surface area (Å²) in [5, 5.41) is 3.42. The zero-order chi connectivity index (χ0) is 8.44. The standard InChI is InChI=1S/C10H15NO/c1-10(4-2-5-11-8-10)9-3-6-12-7-9/h3,6-7,11H,2,4-5,8H2,1H3. The lowest BCUT2D eigenvalue weighted by molar-refractivity contribution is 0.337. The highest BCUT2D eigenvalue weighted by molar-refractivity contribution is 5.20. The van der Waals surface area contributed by atoms with E-state index < -0.39 is 0 Å². The van der Waals surface area contributed by atoms with Crippen molar-refractivity contribution >= 4 is 0 Å². The molecule has 2 nitrogen and oxygen atoms in total. The Bertz CT molecular complexity index is 234. The summed E-state index contributed by atoms with van der Waals surface area (Å²) >= 11 is 0. The predicted octanol–water partition coefficient (Wildman–Crippen LogP) is 1.92. The Morgan fingerprint density at radius 3 is 3.08 bits per heavy atom. The first-order chi connectivity index (χ1) is 5.81. The van der Waals surface area contributed by atoms with Gasteiger partial charge in [0.05, 0.1) is 12.5 Å². The maximum Gasteiger partial charge on any atom is 0.0940 e. The summed E-state index contributed by atoms with van der Waals surface area (Å²) in [6.07, 6.45) is 6.16. The van der Waals surface area contributed by atoms with E-state index in [-0.39, 0.29) is 0 Å². The number of furan rings is 1.